The van der Waals surface area contributed by atoms with Gasteiger partial charge in [-0.2, -0.15) is 4.98 Å². The van der Waals surface area contributed by atoms with E-state index >= 15 is 0 Å². The highest BCUT2D eigenvalue weighted by atomic mass is 19.1. The molecule has 0 unspecified atom stereocenters. The van der Waals surface area contributed by atoms with Crippen LogP contribution < -0.4 is 11.0 Å². The molecule has 0 spiro atoms. The fourth-order valence-corrected chi connectivity index (χ4v) is 4.42. The van der Waals surface area contributed by atoms with Crippen molar-refractivity contribution < 1.29 is 8.81 Å². The molecule has 6 heteroatoms. The zero-order chi connectivity index (χ0) is 20.7. The molecule has 4 aromatic rings. The summed E-state index contributed by atoms with van der Waals surface area (Å²) < 4.78 is 21.0. The second-order valence-corrected chi connectivity index (χ2v) is 7.87. The second kappa shape index (κ2) is 7.52. The van der Waals surface area contributed by atoms with Crippen molar-refractivity contribution in [1.82, 2.24) is 9.55 Å². The van der Waals surface area contributed by atoms with E-state index in [2.05, 4.69) is 4.98 Å². The third kappa shape index (κ3) is 3.12. The zero-order valence-electron chi connectivity index (χ0n) is 16.4. The quantitative estimate of drug-likeness (QED) is 0.340. The summed E-state index contributed by atoms with van der Waals surface area (Å²) >= 11 is 0. The van der Waals surface area contributed by atoms with Crippen molar-refractivity contribution in [2.24, 2.45) is 0 Å². The van der Waals surface area contributed by atoms with Crippen LogP contribution in [0.2, 0.25) is 0 Å². The van der Waals surface area contributed by atoms with Crippen LogP contribution >= 0.6 is 0 Å². The Morgan fingerprint density at radius 1 is 0.933 bits per heavy atom. The van der Waals surface area contributed by atoms with Crippen LogP contribution in [-0.2, 0) is 0 Å². The molecule has 2 aromatic carbocycles. The number of halogens is 1. The molecule has 1 saturated carbocycles. The molecule has 0 bridgehead atoms. The summed E-state index contributed by atoms with van der Waals surface area (Å²) in [6.45, 7) is 0. The first-order valence-electron chi connectivity index (χ1n) is 10.4. The monoisotopic (exact) mass is 404 g/mol. The van der Waals surface area contributed by atoms with E-state index in [9.17, 15) is 14.0 Å². The van der Waals surface area contributed by atoms with Crippen molar-refractivity contribution in [3.63, 3.8) is 0 Å². The number of aromatic nitrogens is 2. The average molecular weight is 404 g/mol. The fraction of sp³-hybridized carbons (Fsp3) is 0.292. The van der Waals surface area contributed by atoms with Crippen molar-refractivity contribution in [3.05, 3.63) is 74.9 Å². The van der Waals surface area contributed by atoms with E-state index in [0.29, 0.717) is 22.4 Å². The van der Waals surface area contributed by atoms with Gasteiger partial charge in [-0.3, -0.25) is 14.2 Å². The first kappa shape index (κ1) is 18.7. The Kier molecular flexibility index (Phi) is 4.69. The lowest BCUT2D eigenvalue weighted by Gasteiger charge is -2.21. The number of hydrogen-bond acceptors (Lipinski definition) is 4. The summed E-state index contributed by atoms with van der Waals surface area (Å²) in [4.78, 5) is 31.4. The van der Waals surface area contributed by atoms with Gasteiger partial charge in [0.1, 0.15) is 17.2 Å². The van der Waals surface area contributed by atoms with E-state index in [1.165, 1.54) is 12.1 Å². The highest BCUT2D eigenvalue weighted by molar-refractivity contribution is 5.88. The van der Waals surface area contributed by atoms with Crippen molar-refractivity contribution in [1.29, 1.82) is 0 Å². The Morgan fingerprint density at radius 2 is 1.63 bits per heavy atom. The predicted molar refractivity (Wildman–Crippen MR) is 114 cm³/mol. The molecule has 0 aliphatic heterocycles. The SMILES string of the molecule is O=c1c2ccccc2oc2nc(-c3ccc(F)cc3)n(C3CCCCCC3)c(=O)c12. The van der Waals surface area contributed by atoms with Crippen molar-refractivity contribution in [2.45, 2.75) is 44.6 Å². The smallest absolute Gasteiger partial charge is 0.269 e. The molecule has 2 heterocycles. The van der Waals surface area contributed by atoms with E-state index < -0.39 is 0 Å². The molecule has 1 fully saturated rings. The van der Waals surface area contributed by atoms with Gasteiger partial charge in [-0.05, 0) is 49.2 Å². The van der Waals surface area contributed by atoms with Crippen LogP contribution in [0.3, 0.4) is 0 Å². The van der Waals surface area contributed by atoms with Gasteiger partial charge in [0.25, 0.3) is 5.56 Å². The lowest BCUT2D eigenvalue weighted by atomic mass is 10.1. The minimum absolute atomic E-state index is 0.0212. The van der Waals surface area contributed by atoms with Gasteiger partial charge < -0.3 is 4.42 Å². The Balaban J connectivity index is 1.86. The Labute approximate surface area is 171 Å². The normalized spacial score (nSPS) is 15.5. The maximum atomic E-state index is 13.7. The maximum Gasteiger partial charge on any atom is 0.269 e. The zero-order valence-corrected chi connectivity index (χ0v) is 16.4. The molecule has 1 aliphatic rings. The minimum atomic E-state index is -0.384. The Morgan fingerprint density at radius 3 is 2.37 bits per heavy atom. The third-order valence-corrected chi connectivity index (χ3v) is 5.94. The molecular weight excluding hydrogens is 383 g/mol. The molecule has 0 saturated heterocycles. The lowest BCUT2D eigenvalue weighted by molar-refractivity contribution is 0.433. The highest BCUT2D eigenvalue weighted by Crippen LogP contribution is 2.30. The standard InChI is InChI=1S/C24H21FN2O3/c25-16-13-11-15(12-14-16)22-26-23-20(21(28)18-9-5-6-10-19(18)30-23)24(29)27(22)17-7-3-1-2-4-8-17/h5-6,9-14,17H,1-4,7-8H2. The number of nitrogens with zero attached hydrogens (tertiary/aromatic N) is 2. The number of hydrogen-bond donors (Lipinski definition) is 0. The topological polar surface area (TPSA) is 65.1 Å². The van der Waals surface area contributed by atoms with E-state index in [1.807, 2.05) is 0 Å². The summed E-state index contributed by atoms with van der Waals surface area (Å²) in [5, 5.41) is 0.342. The molecule has 0 radical (unpaired) electrons. The number of fused-ring (bicyclic) bond motifs is 2. The van der Waals surface area contributed by atoms with Gasteiger partial charge in [0.2, 0.25) is 11.1 Å². The summed E-state index contributed by atoms with van der Waals surface area (Å²) in [6, 6.07) is 12.7. The predicted octanol–water partition coefficient (Wildman–Crippen LogP) is 5.20. The van der Waals surface area contributed by atoms with Gasteiger partial charge in [0.05, 0.1) is 5.39 Å². The van der Waals surface area contributed by atoms with E-state index in [4.69, 9.17) is 4.42 Å². The van der Waals surface area contributed by atoms with Gasteiger partial charge in [-0.1, -0.05) is 37.8 Å². The van der Waals surface area contributed by atoms with Crippen LogP contribution in [0.15, 0.2) is 62.5 Å². The lowest BCUT2D eigenvalue weighted by Crippen LogP contribution is -2.30. The van der Waals surface area contributed by atoms with Crippen LogP contribution in [0, 0.1) is 5.82 Å². The van der Waals surface area contributed by atoms with Gasteiger partial charge >= 0.3 is 0 Å². The Bertz CT molecular complexity index is 1350. The number of rotatable bonds is 2. The summed E-state index contributed by atoms with van der Waals surface area (Å²) in [7, 11) is 0. The third-order valence-electron chi connectivity index (χ3n) is 5.94. The Hall–Kier alpha value is -3.28. The molecule has 5 rings (SSSR count). The molecule has 5 nitrogen and oxygen atoms in total. The number of para-hydroxylation sites is 1. The van der Waals surface area contributed by atoms with Crippen LogP contribution in [-0.4, -0.2) is 9.55 Å². The van der Waals surface area contributed by atoms with Crippen LogP contribution in [0.1, 0.15) is 44.6 Å². The average Bonchev–Trinajstić information content (AvgIpc) is 3.03. The van der Waals surface area contributed by atoms with Gasteiger partial charge in [-0.25, -0.2) is 4.39 Å². The molecule has 0 N–H and O–H groups in total. The van der Waals surface area contributed by atoms with Crippen LogP contribution in [0.4, 0.5) is 4.39 Å². The molecule has 0 atom stereocenters. The summed E-state index contributed by atoms with van der Waals surface area (Å²) in [6.07, 6.45) is 5.99. The van der Waals surface area contributed by atoms with Crippen molar-refractivity contribution in [2.75, 3.05) is 0 Å². The van der Waals surface area contributed by atoms with E-state index in [1.54, 1.807) is 41.0 Å². The maximum absolute atomic E-state index is 13.7. The first-order chi connectivity index (χ1) is 14.6. The van der Waals surface area contributed by atoms with Crippen molar-refractivity contribution in [3.8, 4) is 11.4 Å². The highest BCUT2D eigenvalue weighted by Gasteiger charge is 2.24. The number of benzene rings is 2. The molecule has 30 heavy (non-hydrogen) atoms. The van der Waals surface area contributed by atoms with Crippen molar-refractivity contribution >= 4 is 22.1 Å². The summed E-state index contributed by atoms with van der Waals surface area (Å²) in [5.41, 5.74) is 0.283. The fourth-order valence-electron chi connectivity index (χ4n) is 4.42. The second-order valence-electron chi connectivity index (χ2n) is 7.87. The van der Waals surface area contributed by atoms with Crippen LogP contribution in [0.5, 0.6) is 0 Å². The molecule has 1 aliphatic carbocycles. The minimum Gasteiger partial charge on any atom is -0.437 e. The molecule has 0 amide bonds. The molecule has 2 aromatic heterocycles. The first-order valence-corrected chi connectivity index (χ1v) is 10.4. The summed E-state index contributed by atoms with van der Waals surface area (Å²) in [5.74, 6) is 0.0539. The van der Waals surface area contributed by atoms with Gasteiger partial charge in [0, 0.05) is 11.6 Å². The van der Waals surface area contributed by atoms with Gasteiger partial charge in [0.15, 0.2) is 5.39 Å². The van der Waals surface area contributed by atoms with E-state index in [0.717, 1.165) is 38.5 Å². The van der Waals surface area contributed by atoms with Crippen LogP contribution in [0.25, 0.3) is 33.5 Å². The van der Waals surface area contributed by atoms with Gasteiger partial charge in [-0.15, -0.1) is 0 Å². The largest absolute Gasteiger partial charge is 0.437 e. The van der Waals surface area contributed by atoms with E-state index in [-0.39, 0.29) is 33.9 Å². The molecular formula is C24H21FN2O3. The molecule has 152 valence electrons.